The number of carboxylic acids is 1. The Hall–Kier alpha value is -3.07. The van der Waals surface area contributed by atoms with E-state index in [1.54, 1.807) is 0 Å². The van der Waals surface area contributed by atoms with Crippen LogP contribution in [0.15, 0.2) is 72.9 Å². The second-order valence-corrected chi connectivity index (χ2v) is 5.63. The van der Waals surface area contributed by atoms with Crippen molar-refractivity contribution in [3.8, 4) is 0 Å². The molecule has 3 heteroatoms. The summed E-state index contributed by atoms with van der Waals surface area (Å²) in [5.74, 6) is -1.54. The number of carbonyl (C=O) groups is 1. The lowest BCUT2D eigenvalue weighted by Gasteiger charge is -2.15. The molecular formula is C20H15NO2. The van der Waals surface area contributed by atoms with Crippen molar-refractivity contribution in [3.05, 3.63) is 84.1 Å². The summed E-state index contributed by atoms with van der Waals surface area (Å²) in [5, 5.41) is 12.9. The van der Waals surface area contributed by atoms with Crippen molar-refractivity contribution < 1.29 is 9.90 Å². The van der Waals surface area contributed by atoms with E-state index in [0.29, 0.717) is 0 Å². The van der Waals surface area contributed by atoms with E-state index >= 15 is 0 Å². The van der Waals surface area contributed by atoms with Gasteiger partial charge in [0.1, 0.15) is 5.92 Å². The fourth-order valence-electron chi connectivity index (χ4n) is 3.27. The number of aromatic amines is 1. The zero-order chi connectivity index (χ0) is 15.8. The molecule has 2 N–H and O–H groups in total. The highest BCUT2D eigenvalue weighted by Gasteiger charge is 2.26. The molecule has 0 aliphatic rings. The third-order valence-electron chi connectivity index (χ3n) is 4.31. The van der Waals surface area contributed by atoms with E-state index in [4.69, 9.17) is 0 Å². The number of H-pyrrole nitrogens is 1. The predicted octanol–water partition coefficient (Wildman–Crippen LogP) is 4.54. The maximum absolute atomic E-state index is 12.1. The molecule has 0 aliphatic heterocycles. The fourth-order valence-corrected chi connectivity index (χ4v) is 3.27. The molecule has 1 unspecified atom stereocenters. The lowest BCUT2D eigenvalue weighted by molar-refractivity contribution is -0.137. The Labute approximate surface area is 133 Å². The topological polar surface area (TPSA) is 53.1 Å². The van der Waals surface area contributed by atoms with Gasteiger partial charge in [-0.1, -0.05) is 60.7 Å². The molecule has 3 nitrogen and oxygen atoms in total. The summed E-state index contributed by atoms with van der Waals surface area (Å²) in [6.07, 6.45) is 1.81. The molecule has 0 saturated heterocycles. The van der Waals surface area contributed by atoms with E-state index in [2.05, 4.69) is 4.98 Å². The highest BCUT2D eigenvalue weighted by Crippen LogP contribution is 2.34. The van der Waals surface area contributed by atoms with E-state index < -0.39 is 11.9 Å². The summed E-state index contributed by atoms with van der Waals surface area (Å²) in [4.78, 5) is 15.2. The maximum Gasteiger partial charge on any atom is 0.315 e. The van der Waals surface area contributed by atoms with E-state index in [1.807, 2.05) is 72.9 Å². The molecule has 4 aromatic rings. The number of benzene rings is 3. The number of aromatic nitrogens is 1. The minimum atomic E-state index is -0.842. The van der Waals surface area contributed by atoms with Gasteiger partial charge in [-0.25, -0.2) is 0 Å². The lowest BCUT2D eigenvalue weighted by atomic mass is 9.88. The van der Waals surface area contributed by atoms with Crippen LogP contribution in [0.2, 0.25) is 0 Å². The zero-order valence-corrected chi connectivity index (χ0v) is 12.4. The third-order valence-corrected chi connectivity index (χ3v) is 4.31. The first kappa shape index (κ1) is 13.6. The van der Waals surface area contributed by atoms with Crippen LogP contribution in [0.1, 0.15) is 17.0 Å². The second-order valence-electron chi connectivity index (χ2n) is 5.63. The molecule has 4 rings (SSSR count). The highest BCUT2D eigenvalue weighted by molar-refractivity contribution is 5.96. The van der Waals surface area contributed by atoms with E-state index in [1.165, 1.54) is 0 Å². The van der Waals surface area contributed by atoms with Crippen molar-refractivity contribution in [2.24, 2.45) is 0 Å². The summed E-state index contributed by atoms with van der Waals surface area (Å²) in [5.41, 5.74) is 2.57. The normalized spacial score (nSPS) is 12.5. The SMILES string of the molecule is O=C(O)C(c1cccc2ccccc12)c1c[nH]c2ccccc12. The van der Waals surface area contributed by atoms with Gasteiger partial charge in [-0.3, -0.25) is 4.79 Å². The summed E-state index contributed by atoms with van der Waals surface area (Å²) in [6.45, 7) is 0. The monoisotopic (exact) mass is 301 g/mol. The first-order valence-electron chi connectivity index (χ1n) is 7.52. The van der Waals surface area contributed by atoms with Gasteiger partial charge in [-0.15, -0.1) is 0 Å². The lowest BCUT2D eigenvalue weighted by Crippen LogP contribution is -2.13. The zero-order valence-electron chi connectivity index (χ0n) is 12.4. The van der Waals surface area contributed by atoms with Crippen LogP contribution < -0.4 is 0 Å². The minimum absolute atomic E-state index is 0.697. The molecule has 1 atom stereocenters. The number of nitrogens with one attached hydrogen (secondary N) is 1. The average molecular weight is 301 g/mol. The van der Waals surface area contributed by atoms with E-state index in [-0.39, 0.29) is 0 Å². The van der Waals surface area contributed by atoms with Crippen molar-refractivity contribution in [2.45, 2.75) is 5.92 Å². The van der Waals surface area contributed by atoms with Crippen LogP contribution in [0.25, 0.3) is 21.7 Å². The Balaban J connectivity index is 2.00. The van der Waals surface area contributed by atoms with Gasteiger partial charge >= 0.3 is 5.97 Å². The molecule has 0 fully saturated rings. The maximum atomic E-state index is 12.1. The van der Waals surface area contributed by atoms with Crippen molar-refractivity contribution in [1.29, 1.82) is 0 Å². The van der Waals surface area contributed by atoms with E-state index in [9.17, 15) is 9.90 Å². The standard InChI is InChI=1S/C20H15NO2/c22-20(23)19(17-12-21-18-11-4-3-9-15(17)18)16-10-5-7-13-6-1-2-8-14(13)16/h1-12,19,21H,(H,22,23). The summed E-state index contributed by atoms with van der Waals surface area (Å²) in [7, 11) is 0. The predicted molar refractivity (Wildman–Crippen MR) is 91.7 cm³/mol. The molecule has 0 amide bonds. The van der Waals surface area contributed by atoms with E-state index in [0.717, 1.165) is 32.8 Å². The van der Waals surface area contributed by atoms with Crippen LogP contribution in [0.3, 0.4) is 0 Å². The van der Waals surface area contributed by atoms with Gasteiger partial charge in [0.2, 0.25) is 0 Å². The Morgan fingerprint density at radius 2 is 1.52 bits per heavy atom. The van der Waals surface area contributed by atoms with Crippen LogP contribution in [0.5, 0.6) is 0 Å². The van der Waals surface area contributed by atoms with Gasteiger partial charge in [0, 0.05) is 17.1 Å². The molecule has 0 bridgehead atoms. The summed E-state index contributed by atoms with van der Waals surface area (Å²) in [6, 6.07) is 21.5. The minimum Gasteiger partial charge on any atom is -0.481 e. The van der Waals surface area contributed by atoms with Gasteiger partial charge < -0.3 is 10.1 Å². The smallest absolute Gasteiger partial charge is 0.315 e. The summed E-state index contributed by atoms with van der Waals surface area (Å²) >= 11 is 0. The van der Waals surface area contributed by atoms with Crippen molar-refractivity contribution >= 4 is 27.6 Å². The molecule has 0 radical (unpaired) electrons. The Morgan fingerprint density at radius 1 is 0.826 bits per heavy atom. The first-order valence-corrected chi connectivity index (χ1v) is 7.52. The second kappa shape index (κ2) is 5.29. The molecule has 112 valence electrons. The molecule has 1 heterocycles. The highest BCUT2D eigenvalue weighted by atomic mass is 16.4. The third kappa shape index (κ3) is 2.18. The quantitative estimate of drug-likeness (QED) is 0.584. The molecule has 0 spiro atoms. The molecule has 3 aromatic carbocycles. The van der Waals surface area contributed by atoms with Gasteiger partial charge in [0.15, 0.2) is 0 Å². The van der Waals surface area contributed by atoms with Crippen LogP contribution in [0.4, 0.5) is 0 Å². The van der Waals surface area contributed by atoms with Crippen molar-refractivity contribution in [1.82, 2.24) is 4.98 Å². The number of para-hydroxylation sites is 1. The number of rotatable bonds is 3. The molecule has 0 saturated carbocycles. The number of carboxylic acid groups (broad SMARTS) is 1. The molecule has 23 heavy (non-hydrogen) atoms. The van der Waals surface area contributed by atoms with Crippen molar-refractivity contribution in [3.63, 3.8) is 0 Å². The Kier molecular flexibility index (Phi) is 3.12. The van der Waals surface area contributed by atoms with Gasteiger partial charge in [-0.2, -0.15) is 0 Å². The summed E-state index contributed by atoms with van der Waals surface area (Å²) < 4.78 is 0. The number of aliphatic carboxylic acids is 1. The number of fused-ring (bicyclic) bond motifs is 2. The Morgan fingerprint density at radius 3 is 2.35 bits per heavy atom. The van der Waals surface area contributed by atoms with Gasteiger partial charge in [-0.05, 0) is 28.0 Å². The molecular weight excluding hydrogens is 286 g/mol. The van der Waals surface area contributed by atoms with Crippen LogP contribution in [-0.2, 0) is 4.79 Å². The van der Waals surface area contributed by atoms with Crippen LogP contribution in [0, 0.1) is 0 Å². The van der Waals surface area contributed by atoms with Gasteiger partial charge in [0.05, 0.1) is 0 Å². The number of hydrogen-bond acceptors (Lipinski definition) is 1. The number of hydrogen-bond donors (Lipinski definition) is 2. The first-order chi connectivity index (χ1) is 11.3. The largest absolute Gasteiger partial charge is 0.481 e. The van der Waals surface area contributed by atoms with Crippen LogP contribution >= 0.6 is 0 Å². The van der Waals surface area contributed by atoms with Gasteiger partial charge in [0.25, 0.3) is 0 Å². The molecule has 0 aliphatic carbocycles. The molecule has 1 aromatic heterocycles. The fraction of sp³-hybridized carbons (Fsp3) is 0.0500. The average Bonchev–Trinajstić information content (AvgIpc) is 2.99. The van der Waals surface area contributed by atoms with Crippen molar-refractivity contribution in [2.75, 3.05) is 0 Å². The Bertz CT molecular complexity index is 1010. The van der Waals surface area contributed by atoms with Crippen LogP contribution in [-0.4, -0.2) is 16.1 Å².